The van der Waals surface area contributed by atoms with Crippen LogP contribution in [0.4, 0.5) is 5.82 Å². The number of aromatic nitrogens is 3. The zero-order chi connectivity index (χ0) is 21.1. The molecule has 0 spiro atoms. The maximum absolute atomic E-state index is 12.9. The van der Waals surface area contributed by atoms with Crippen molar-refractivity contribution in [2.75, 3.05) is 24.5 Å². The predicted molar refractivity (Wildman–Crippen MR) is 112 cm³/mol. The fourth-order valence-electron chi connectivity index (χ4n) is 4.29. The van der Waals surface area contributed by atoms with Gasteiger partial charge in [0.2, 0.25) is 5.91 Å². The van der Waals surface area contributed by atoms with Crippen molar-refractivity contribution in [2.24, 2.45) is 13.0 Å². The summed E-state index contributed by atoms with van der Waals surface area (Å²) in [5, 5.41) is 20.0. The van der Waals surface area contributed by atoms with E-state index >= 15 is 0 Å². The van der Waals surface area contributed by atoms with E-state index in [0.717, 1.165) is 31.7 Å². The Balaban J connectivity index is 1.52. The molecule has 2 aliphatic heterocycles. The first kappa shape index (κ1) is 20.1. The minimum Gasteiger partial charge on any atom is -0.357 e. The van der Waals surface area contributed by atoms with E-state index in [9.17, 15) is 14.9 Å². The smallest absolute Gasteiger partial charge is 0.273 e. The molecule has 2 amide bonds. The van der Waals surface area contributed by atoms with Gasteiger partial charge in [-0.1, -0.05) is 12.8 Å². The highest BCUT2D eigenvalue weighted by atomic mass is 16.2. The van der Waals surface area contributed by atoms with E-state index in [1.807, 2.05) is 12.1 Å². The van der Waals surface area contributed by atoms with Crippen LogP contribution in [-0.2, 0) is 11.8 Å². The van der Waals surface area contributed by atoms with Crippen LogP contribution in [-0.4, -0.2) is 52.3 Å². The molecule has 158 valence electrons. The first-order chi connectivity index (χ1) is 14.6. The zero-order valence-corrected chi connectivity index (χ0v) is 17.2. The van der Waals surface area contributed by atoms with Gasteiger partial charge in [0.15, 0.2) is 11.3 Å². The van der Waals surface area contributed by atoms with Crippen molar-refractivity contribution in [1.29, 1.82) is 5.26 Å². The van der Waals surface area contributed by atoms with Gasteiger partial charge in [-0.15, -0.1) is 0 Å². The zero-order valence-electron chi connectivity index (χ0n) is 17.2. The van der Waals surface area contributed by atoms with Crippen LogP contribution in [0.3, 0.4) is 0 Å². The molecule has 4 heterocycles. The number of amides is 2. The number of carbonyl (C=O) groups is 2. The Morgan fingerprint density at radius 2 is 2.10 bits per heavy atom. The van der Waals surface area contributed by atoms with Gasteiger partial charge < -0.3 is 15.5 Å². The molecule has 30 heavy (non-hydrogen) atoms. The molecule has 2 aromatic rings. The lowest BCUT2D eigenvalue weighted by molar-refractivity contribution is -0.122. The number of nitrogens with one attached hydrogen (secondary N) is 2. The summed E-state index contributed by atoms with van der Waals surface area (Å²) < 4.78 is 1.61. The number of fused-ring (bicyclic) bond motifs is 1. The van der Waals surface area contributed by atoms with Crippen LogP contribution in [0.25, 0.3) is 11.0 Å². The van der Waals surface area contributed by atoms with Crippen molar-refractivity contribution in [3.63, 3.8) is 0 Å². The Hall–Kier alpha value is -3.15. The van der Waals surface area contributed by atoms with Crippen LogP contribution in [0.5, 0.6) is 0 Å². The summed E-state index contributed by atoms with van der Waals surface area (Å²) in [6, 6.07) is 5.18. The number of carbonyl (C=O) groups excluding carboxylic acids is 2. The van der Waals surface area contributed by atoms with E-state index in [4.69, 9.17) is 4.98 Å². The van der Waals surface area contributed by atoms with Gasteiger partial charge >= 0.3 is 0 Å². The van der Waals surface area contributed by atoms with Gasteiger partial charge in [-0.3, -0.25) is 9.59 Å². The third-order valence-corrected chi connectivity index (χ3v) is 5.96. The normalized spacial score (nSPS) is 20.5. The molecule has 4 rings (SSSR count). The SMILES string of the molecule is Cn1nc(C(=O)N[C@H](C#N)C[C@@H]2CCNC2=O)c2ccc(N3CCCCCC3)nc21. The van der Waals surface area contributed by atoms with Crippen molar-refractivity contribution in [3.05, 3.63) is 17.8 Å². The van der Waals surface area contributed by atoms with Crippen LogP contribution in [0, 0.1) is 17.2 Å². The molecule has 0 aliphatic carbocycles. The van der Waals surface area contributed by atoms with E-state index in [-0.39, 0.29) is 17.5 Å². The number of hydrogen-bond donors (Lipinski definition) is 2. The van der Waals surface area contributed by atoms with E-state index in [2.05, 4.69) is 26.7 Å². The topological polar surface area (TPSA) is 116 Å². The molecule has 0 bridgehead atoms. The van der Waals surface area contributed by atoms with Gasteiger partial charge in [-0.2, -0.15) is 10.4 Å². The van der Waals surface area contributed by atoms with Crippen molar-refractivity contribution < 1.29 is 9.59 Å². The highest BCUT2D eigenvalue weighted by molar-refractivity contribution is 6.04. The largest absolute Gasteiger partial charge is 0.357 e. The fourth-order valence-corrected chi connectivity index (χ4v) is 4.29. The van der Waals surface area contributed by atoms with Gasteiger partial charge in [-0.05, 0) is 37.8 Å². The Labute approximate surface area is 175 Å². The third-order valence-electron chi connectivity index (χ3n) is 5.96. The minimum absolute atomic E-state index is 0.0574. The van der Waals surface area contributed by atoms with E-state index < -0.39 is 11.9 Å². The average Bonchev–Trinajstić information content (AvgIpc) is 3.17. The quantitative estimate of drug-likeness (QED) is 0.773. The Morgan fingerprint density at radius 1 is 1.33 bits per heavy atom. The van der Waals surface area contributed by atoms with Crippen molar-refractivity contribution in [1.82, 2.24) is 25.4 Å². The summed E-state index contributed by atoms with van der Waals surface area (Å²) in [7, 11) is 1.77. The molecule has 0 saturated carbocycles. The van der Waals surface area contributed by atoms with Crippen LogP contribution in [0.2, 0.25) is 0 Å². The molecule has 0 unspecified atom stereocenters. The number of hydrogen-bond acceptors (Lipinski definition) is 6. The van der Waals surface area contributed by atoms with Gasteiger partial charge in [0, 0.05) is 32.6 Å². The Kier molecular flexibility index (Phi) is 5.84. The lowest BCUT2D eigenvalue weighted by Gasteiger charge is -2.21. The standard InChI is InChI=1S/C21H27N7O2/c1-27-19-16(6-7-17(25-19)28-10-4-2-3-5-11-28)18(26-27)21(30)24-15(13-22)12-14-8-9-23-20(14)29/h6-7,14-15H,2-5,8-12H2,1H3,(H,23,29)(H,24,30)/t14-,15-/m0/s1. The predicted octanol–water partition coefficient (Wildman–Crippen LogP) is 1.50. The molecule has 2 fully saturated rings. The number of aryl methyl sites for hydroxylation is 1. The Morgan fingerprint density at radius 3 is 2.77 bits per heavy atom. The molecule has 9 heteroatoms. The summed E-state index contributed by atoms with van der Waals surface area (Å²) in [6.07, 6.45) is 5.80. The Bertz CT molecular complexity index is 985. The lowest BCUT2D eigenvalue weighted by Crippen LogP contribution is -2.36. The van der Waals surface area contributed by atoms with Crippen LogP contribution in [0.1, 0.15) is 49.0 Å². The van der Waals surface area contributed by atoms with Crippen LogP contribution < -0.4 is 15.5 Å². The first-order valence-corrected chi connectivity index (χ1v) is 10.6. The number of pyridine rings is 1. The van der Waals surface area contributed by atoms with E-state index in [1.165, 1.54) is 12.8 Å². The molecule has 2 atom stereocenters. The molecule has 2 aliphatic rings. The van der Waals surface area contributed by atoms with Gasteiger partial charge in [0.1, 0.15) is 11.9 Å². The molecular weight excluding hydrogens is 382 g/mol. The monoisotopic (exact) mass is 409 g/mol. The maximum atomic E-state index is 12.9. The van der Waals surface area contributed by atoms with Crippen LogP contribution >= 0.6 is 0 Å². The molecule has 0 radical (unpaired) electrons. The fraction of sp³-hybridized carbons (Fsp3) is 0.571. The second-order valence-electron chi connectivity index (χ2n) is 8.08. The highest BCUT2D eigenvalue weighted by Crippen LogP contribution is 2.23. The lowest BCUT2D eigenvalue weighted by atomic mass is 9.99. The van der Waals surface area contributed by atoms with E-state index in [0.29, 0.717) is 30.4 Å². The van der Waals surface area contributed by atoms with E-state index in [1.54, 1.807) is 11.7 Å². The summed E-state index contributed by atoms with van der Waals surface area (Å²) in [6.45, 7) is 2.59. The van der Waals surface area contributed by atoms with Crippen molar-refractivity contribution >= 4 is 28.7 Å². The number of rotatable bonds is 5. The summed E-state index contributed by atoms with van der Waals surface area (Å²) >= 11 is 0. The number of nitriles is 1. The van der Waals surface area contributed by atoms with Gasteiger partial charge in [0.25, 0.3) is 5.91 Å². The molecule has 2 aromatic heterocycles. The van der Waals surface area contributed by atoms with Gasteiger partial charge in [-0.25, -0.2) is 9.67 Å². The maximum Gasteiger partial charge on any atom is 0.273 e. The van der Waals surface area contributed by atoms with Crippen molar-refractivity contribution in [2.45, 2.75) is 44.6 Å². The molecule has 9 nitrogen and oxygen atoms in total. The number of nitrogens with zero attached hydrogens (tertiary/aromatic N) is 5. The summed E-state index contributed by atoms with van der Waals surface area (Å²) in [4.78, 5) is 31.7. The minimum atomic E-state index is -0.743. The number of anilines is 1. The second-order valence-corrected chi connectivity index (χ2v) is 8.08. The summed E-state index contributed by atoms with van der Waals surface area (Å²) in [5.74, 6) is 0.183. The molecule has 0 aromatic carbocycles. The molecule has 2 saturated heterocycles. The average molecular weight is 409 g/mol. The van der Waals surface area contributed by atoms with Gasteiger partial charge in [0.05, 0.1) is 11.5 Å². The molecule has 2 N–H and O–H groups in total. The second kappa shape index (κ2) is 8.69. The first-order valence-electron chi connectivity index (χ1n) is 10.6. The third kappa shape index (κ3) is 4.08. The highest BCUT2D eigenvalue weighted by Gasteiger charge is 2.29. The van der Waals surface area contributed by atoms with Crippen LogP contribution in [0.15, 0.2) is 12.1 Å². The van der Waals surface area contributed by atoms with Crippen molar-refractivity contribution in [3.8, 4) is 6.07 Å². The molecular formula is C21H27N7O2. The summed E-state index contributed by atoms with van der Waals surface area (Å²) in [5.41, 5.74) is 0.893.